The molecule has 1 unspecified atom stereocenters. The molecule has 6 rings (SSSR count). The number of ether oxygens (including phenoxy) is 1. The number of fused-ring (bicyclic) bond motifs is 2. The monoisotopic (exact) mass is 601 g/mol. The van der Waals surface area contributed by atoms with Crippen LogP contribution in [0.2, 0.25) is 0 Å². The summed E-state index contributed by atoms with van der Waals surface area (Å²) in [5, 5.41) is 10.7. The standard InChI is InChI=1S/C34H39N3O5S/c1-4-35(5-2)24-14-16-25(17-15-24)36-20-11-19-34-27(28-32(41)42-21-10-9-18-33(28,3)43-34)30(39)37(29(34)31(36)40)26(22-38)23-12-7-6-8-13-23/h6-9,11-19,26-29,38H,4-5,10,20-22H2,1-3H3/t26-,27+,28-,29?,33+,34+/m1/s1. The minimum atomic E-state index is -1.03. The van der Waals surface area contributed by atoms with Crippen LogP contribution in [0, 0.1) is 11.8 Å². The number of carbonyl (C=O) groups excluding carboxylic acids is 3. The second-order valence-corrected chi connectivity index (χ2v) is 13.5. The summed E-state index contributed by atoms with van der Waals surface area (Å²) in [4.78, 5) is 48.7. The largest absolute Gasteiger partial charge is 0.465 e. The van der Waals surface area contributed by atoms with Gasteiger partial charge in [-0.2, -0.15) is 0 Å². The zero-order valence-corrected chi connectivity index (χ0v) is 25.7. The Hall–Kier alpha value is -3.56. The molecule has 2 saturated heterocycles. The first-order valence-corrected chi connectivity index (χ1v) is 16.0. The van der Waals surface area contributed by atoms with Crippen molar-refractivity contribution in [2.45, 2.75) is 48.8 Å². The van der Waals surface area contributed by atoms with Gasteiger partial charge < -0.3 is 24.5 Å². The van der Waals surface area contributed by atoms with E-state index in [0.29, 0.717) is 13.0 Å². The third-order valence-corrected chi connectivity index (χ3v) is 11.2. The van der Waals surface area contributed by atoms with E-state index in [0.717, 1.165) is 30.0 Å². The number of aliphatic hydroxyl groups excluding tert-OH is 1. The van der Waals surface area contributed by atoms with Crippen LogP contribution < -0.4 is 9.80 Å². The molecule has 1 N–H and O–H groups in total. The lowest BCUT2D eigenvalue weighted by Crippen LogP contribution is -2.54. The Morgan fingerprint density at radius 3 is 2.37 bits per heavy atom. The molecule has 6 atom stereocenters. The van der Waals surface area contributed by atoms with E-state index in [2.05, 4.69) is 18.7 Å². The fraction of sp³-hybridized carbons (Fsp3) is 0.441. The van der Waals surface area contributed by atoms with E-state index in [4.69, 9.17) is 4.74 Å². The number of hydrogen-bond acceptors (Lipinski definition) is 7. The highest BCUT2D eigenvalue weighted by molar-refractivity contribution is 8.02. The fourth-order valence-corrected chi connectivity index (χ4v) is 9.60. The van der Waals surface area contributed by atoms with Crippen molar-refractivity contribution in [1.82, 2.24) is 4.90 Å². The molecule has 4 aliphatic heterocycles. The highest BCUT2D eigenvalue weighted by Gasteiger charge is 2.74. The molecule has 2 fully saturated rings. The van der Waals surface area contributed by atoms with Crippen LogP contribution in [0.5, 0.6) is 0 Å². The molecule has 9 heteroatoms. The predicted molar refractivity (Wildman–Crippen MR) is 169 cm³/mol. The molecule has 0 bridgehead atoms. The van der Waals surface area contributed by atoms with Crippen molar-refractivity contribution in [3.8, 4) is 0 Å². The smallest absolute Gasteiger partial charge is 0.311 e. The summed E-state index contributed by atoms with van der Waals surface area (Å²) in [6, 6.07) is 15.6. The van der Waals surface area contributed by atoms with Crippen molar-refractivity contribution < 1.29 is 24.2 Å². The molecule has 4 heterocycles. The van der Waals surface area contributed by atoms with Crippen molar-refractivity contribution in [2.24, 2.45) is 11.8 Å². The molecule has 8 nitrogen and oxygen atoms in total. The summed E-state index contributed by atoms with van der Waals surface area (Å²) in [5.41, 5.74) is 2.54. The van der Waals surface area contributed by atoms with Gasteiger partial charge in [0.1, 0.15) is 6.04 Å². The van der Waals surface area contributed by atoms with E-state index < -0.39 is 39.4 Å². The lowest BCUT2D eigenvalue weighted by atomic mass is 9.74. The van der Waals surface area contributed by atoms with Gasteiger partial charge in [-0.25, -0.2) is 0 Å². The maximum atomic E-state index is 14.9. The van der Waals surface area contributed by atoms with Crippen LogP contribution in [-0.4, -0.2) is 76.2 Å². The molecule has 43 heavy (non-hydrogen) atoms. The summed E-state index contributed by atoms with van der Waals surface area (Å²) in [7, 11) is 0. The van der Waals surface area contributed by atoms with Gasteiger partial charge in [0.2, 0.25) is 5.91 Å². The Bertz CT molecular complexity index is 1440. The molecule has 1 spiro atoms. The number of likely N-dealkylation sites (tertiary alicyclic amines) is 1. The average molecular weight is 602 g/mol. The number of rotatable bonds is 7. The normalized spacial score (nSPS) is 30.6. The summed E-state index contributed by atoms with van der Waals surface area (Å²) in [6.07, 6.45) is 8.58. The molecule has 0 radical (unpaired) electrons. The minimum Gasteiger partial charge on any atom is -0.465 e. The molecule has 2 amide bonds. The topological polar surface area (TPSA) is 90.4 Å². The first-order chi connectivity index (χ1) is 20.8. The van der Waals surface area contributed by atoms with Gasteiger partial charge in [0.15, 0.2) is 0 Å². The van der Waals surface area contributed by atoms with Crippen molar-refractivity contribution >= 4 is 40.9 Å². The van der Waals surface area contributed by atoms with Crippen LogP contribution in [0.4, 0.5) is 11.4 Å². The highest BCUT2D eigenvalue weighted by atomic mass is 32.2. The Balaban J connectivity index is 1.48. The Kier molecular flexibility index (Phi) is 7.89. The minimum absolute atomic E-state index is 0.228. The maximum absolute atomic E-state index is 14.9. The highest BCUT2D eigenvalue weighted by Crippen LogP contribution is 2.66. The second kappa shape index (κ2) is 11.5. The van der Waals surface area contributed by atoms with Crippen LogP contribution in [-0.2, 0) is 19.1 Å². The van der Waals surface area contributed by atoms with Gasteiger partial charge in [0.05, 0.1) is 35.8 Å². The fourth-order valence-electron chi connectivity index (χ4n) is 7.46. The van der Waals surface area contributed by atoms with E-state index in [9.17, 15) is 19.5 Å². The van der Waals surface area contributed by atoms with E-state index >= 15 is 0 Å². The lowest BCUT2D eigenvalue weighted by molar-refractivity contribution is -0.154. The number of esters is 1. The van der Waals surface area contributed by atoms with E-state index in [1.165, 1.54) is 11.8 Å². The molecule has 0 aromatic heterocycles. The van der Waals surface area contributed by atoms with Crippen molar-refractivity contribution in [1.29, 1.82) is 0 Å². The number of anilines is 2. The van der Waals surface area contributed by atoms with Crippen molar-refractivity contribution in [3.05, 3.63) is 84.5 Å². The predicted octanol–water partition coefficient (Wildman–Crippen LogP) is 4.36. The summed E-state index contributed by atoms with van der Waals surface area (Å²) < 4.78 is 3.88. The van der Waals surface area contributed by atoms with Gasteiger partial charge in [-0.15, -0.1) is 11.8 Å². The van der Waals surface area contributed by atoms with Gasteiger partial charge in [-0.1, -0.05) is 54.6 Å². The number of thioether (sulfide) groups is 1. The number of aliphatic hydroxyl groups is 1. The van der Waals surface area contributed by atoms with Gasteiger partial charge in [0, 0.05) is 35.8 Å². The zero-order valence-electron chi connectivity index (χ0n) is 24.9. The first kappa shape index (κ1) is 29.5. The molecule has 0 aliphatic carbocycles. The SMILES string of the molecule is CCN(CC)c1ccc(N2CC=C[C@]34S[C@@]5(C)C=CCCOC(=O)[C@H]5[C@H]3C(=O)N([C@H](CO)c3ccccc3)C4C2=O)cc1. The number of cyclic esters (lactones) is 1. The molecule has 2 aromatic rings. The summed E-state index contributed by atoms with van der Waals surface area (Å²) >= 11 is 1.51. The number of hydrogen-bond donors (Lipinski definition) is 1. The maximum Gasteiger partial charge on any atom is 0.311 e. The number of amides is 2. The van der Waals surface area contributed by atoms with Crippen LogP contribution in [0.25, 0.3) is 0 Å². The lowest BCUT2D eigenvalue weighted by Gasteiger charge is -2.40. The van der Waals surface area contributed by atoms with Crippen molar-refractivity contribution in [2.75, 3.05) is 42.6 Å². The van der Waals surface area contributed by atoms with E-state index in [1.54, 1.807) is 9.80 Å². The third-order valence-electron chi connectivity index (χ3n) is 9.44. The third kappa shape index (κ3) is 4.68. The quantitative estimate of drug-likeness (QED) is 0.373. The average Bonchev–Trinajstić information content (AvgIpc) is 3.33. The van der Waals surface area contributed by atoms with Gasteiger partial charge in [0.25, 0.3) is 5.91 Å². The first-order valence-electron chi connectivity index (χ1n) is 15.2. The van der Waals surface area contributed by atoms with Crippen molar-refractivity contribution in [3.63, 3.8) is 0 Å². The zero-order chi connectivity index (χ0) is 30.4. The molecule has 0 saturated carbocycles. The Morgan fingerprint density at radius 1 is 0.977 bits per heavy atom. The molecule has 4 aliphatic rings. The van der Waals surface area contributed by atoms with Crippen LogP contribution >= 0.6 is 11.8 Å². The van der Waals surface area contributed by atoms with Gasteiger partial charge in [-0.05, 0) is 57.0 Å². The second-order valence-electron chi connectivity index (χ2n) is 11.8. The Morgan fingerprint density at radius 2 is 1.70 bits per heavy atom. The van der Waals surface area contributed by atoms with E-state index in [-0.39, 0.29) is 25.0 Å². The molecule has 2 aromatic carbocycles. The molecular formula is C34H39N3O5S. The number of carbonyl (C=O) groups is 3. The Labute approximate surface area is 257 Å². The summed E-state index contributed by atoms with van der Waals surface area (Å²) in [6.45, 7) is 8.16. The number of benzene rings is 2. The molecule has 226 valence electrons. The van der Waals surface area contributed by atoms with E-state index in [1.807, 2.05) is 85.8 Å². The number of nitrogens with zero attached hydrogens (tertiary/aromatic N) is 3. The van der Waals surface area contributed by atoms with Crippen LogP contribution in [0.1, 0.15) is 38.8 Å². The van der Waals surface area contributed by atoms with Gasteiger partial charge >= 0.3 is 5.97 Å². The molecular weight excluding hydrogens is 562 g/mol. The van der Waals surface area contributed by atoms with Gasteiger partial charge in [-0.3, -0.25) is 14.4 Å². The van der Waals surface area contributed by atoms with Crippen LogP contribution in [0.3, 0.4) is 0 Å². The summed E-state index contributed by atoms with van der Waals surface area (Å²) in [5.74, 6) is -2.55. The van der Waals surface area contributed by atoms with Crippen LogP contribution in [0.15, 0.2) is 78.9 Å².